The van der Waals surface area contributed by atoms with Crippen LogP contribution < -0.4 is 5.32 Å². The minimum absolute atomic E-state index is 0.154. The molecule has 0 aromatic carbocycles. The van der Waals surface area contributed by atoms with Crippen molar-refractivity contribution in [3.8, 4) is 0 Å². The van der Waals surface area contributed by atoms with Crippen LogP contribution in [0.15, 0.2) is 18.6 Å². The fourth-order valence-corrected chi connectivity index (χ4v) is 1.21. The molecule has 0 aliphatic rings. The summed E-state index contributed by atoms with van der Waals surface area (Å²) >= 11 is 0. The van der Waals surface area contributed by atoms with Gasteiger partial charge in [-0.1, -0.05) is 0 Å². The van der Waals surface area contributed by atoms with Gasteiger partial charge in [-0.05, 0) is 13.8 Å². The third kappa shape index (κ3) is 3.64. The molecule has 0 radical (unpaired) electrons. The van der Waals surface area contributed by atoms with Crippen LogP contribution in [0.5, 0.6) is 0 Å². The topological polar surface area (TPSA) is 92.2 Å². The van der Waals surface area contributed by atoms with Crippen LogP contribution in [0.2, 0.25) is 0 Å². The van der Waals surface area contributed by atoms with Gasteiger partial charge >= 0.3 is 5.97 Å². The number of amides is 1. The molecule has 1 heterocycles. The standard InChI is InChI=1S/C10H13N3O3/c1-10(2,5-8(14)15)13-9(16)7-6-11-3-4-12-7/h3-4,6H,5H2,1-2H3,(H,13,16)(H,14,15). The van der Waals surface area contributed by atoms with Crippen molar-refractivity contribution in [2.24, 2.45) is 0 Å². The number of nitrogens with zero attached hydrogens (tertiary/aromatic N) is 2. The molecule has 0 aliphatic carbocycles. The van der Waals surface area contributed by atoms with E-state index in [1.807, 2.05) is 0 Å². The van der Waals surface area contributed by atoms with Crippen molar-refractivity contribution in [1.82, 2.24) is 15.3 Å². The molecule has 1 aromatic heterocycles. The summed E-state index contributed by atoms with van der Waals surface area (Å²) in [6, 6.07) is 0. The molecule has 2 N–H and O–H groups in total. The summed E-state index contributed by atoms with van der Waals surface area (Å²) in [5, 5.41) is 11.2. The van der Waals surface area contributed by atoms with Gasteiger partial charge in [0.05, 0.1) is 12.6 Å². The molecule has 0 saturated carbocycles. The number of carbonyl (C=O) groups excluding carboxylic acids is 1. The minimum atomic E-state index is -0.968. The Kier molecular flexibility index (Phi) is 3.55. The number of aliphatic carboxylic acids is 1. The molecule has 16 heavy (non-hydrogen) atoms. The van der Waals surface area contributed by atoms with Crippen molar-refractivity contribution >= 4 is 11.9 Å². The van der Waals surface area contributed by atoms with Gasteiger partial charge in [0, 0.05) is 17.9 Å². The third-order valence-electron chi connectivity index (χ3n) is 1.84. The maximum Gasteiger partial charge on any atom is 0.305 e. The highest BCUT2D eigenvalue weighted by atomic mass is 16.4. The first-order valence-electron chi connectivity index (χ1n) is 4.71. The van der Waals surface area contributed by atoms with Gasteiger partial charge in [-0.25, -0.2) is 4.98 Å². The van der Waals surface area contributed by atoms with E-state index in [2.05, 4.69) is 15.3 Å². The zero-order chi connectivity index (χ0) is 12.2. The maximum atomic E-state index is 11.6. The lowest BCUT2D eigenvalue weighted by Crippen LogP contribution is -2.45. The van der Waals surface area contributed by atoms with Crippen molar-refractivity contribution in [2.45, 2.75) is 25.8 Å². The van der Waals surface area contributed by atoms with E-state index in [1.54, 1.807) is 13.8 Å². The molecule has 1 aromatic rings. The molecule has 0 bridgehead atoms. The molecular weight excluding hydrogens is 210 g/mol. The van der Waals surface area contributed by atoms with E-state index in [9.17, 15) is 9.59 Å². The number of hydrogen-bond acceptors (Lipinski definition) is 4. The van der Waals surface area contributed by atoms with Gasteiger partial charge in [0.1, 0.15) is 5.69 Å². The lowest BCUT2D eigenvalue weighted by molar-refractivity contribution is -0.138. The van der Waals surface area contributed by atoms with Gasteiger partial charge in [-0.3, -0.25) is 14.6 Å². The lowest BCUT2D eigenvalue weighted by atomic mass is 10.0. The van der Waals surface area contributed by atoms with Gasteiger partial charge in [0.25, 0.3) is 5.91 Å². The molecule has 86 valence electrons. The lowest BCUT2D eigenvalue weighted by Gasteiger charge is -2.23. The second-order valence-corrected chi connectivity index (χ2v) is 4.00. The Morgan fingerprint density at radius 3 is 2.62 bits per heavy atom. The number of carboxylic acid groups (broad SMARTS) is 1. The summed E-state index contributed by atoms with van der Waals surface area (Å²) in [4.78, 5) is 29.8. The van der Waals surface area contributed by atoms with E-state index in [1.165, 1.54) is 18.6 Å². The highest BCUT2D eigenvalue weighted by Crippen LogP contribution is 2.08. The average molecular weight is 223 g/mol. The van der Waals surface area contributed by atoms with Gasteiger partial charge in [0.15, 0.2) is 0 Å². The molecule has 6 nitrogen and oxygen atoms in total. The highest BCUT2D eigenvalue weighted by Gasteiger charge is 2.24. The molecule has 6 heteroatoms. The fourth-order valence-electron chi connectivity index (χ4n) is 1.21. The van der Waals surface area contributed by atoms with Crippen LogP contribution in [-0.2, 0) is 4.79 Å². The zero-order valence-electron chi connectivity index (χ0n) is 9.10. The van der Waals surface area contributed by atoms with Crippen LogP contribution in [0.1, 0.15) is 30.8 Å². The molecule has 0 spiro atoms. The van der Waals surface area contributed by atoms with Crippen LogP contribution in [0.4, 0.5) is 0 Å². The number of carbonyl (C=O) groups is 2. The summed E-state index contributed by atoms with van der Waals surface area (Å²) in [5.41, 5.74) is -0.651. The number of hydrogen-bond donors (Lipinski definition) is 2. The van der Waals surface area contributed by atoms with Gasteiger partial charge in [0.2, 0.25) is 0 Å². The molecule has 0 saturated heterocycles. The van der Waals surface area contributed by atoms with E-state index >= 15 is 0 Å². The van der Waals surface area contributed by atoms with Gasteiger partial charge in [-0.2, -0.15) is 0 Å². The Hall–Kier alpha value is -1.98. The van der Waals surface area contributed by atoms with Crippen molar-refractivity contribution < 1.29 is 14.7 Å². The first-order valence-corrected chi connectivity index (χ1v) is 4.71. The van der Waals surface area contributed by atoms with E-state index < -0.39 is 17.4 Å². The summed E-state index contributed by atoms with van der Waals surface area (Å²) in [5.74, 6) is -1.40. The van der Waals surface area contributed by atoms with Gasteiger partial charge < -0.3 is 10.4 Å². The molecule has 0 aliphatic heterocycles. The van der Waals surface area contributed by atoms with Crippen LogP contribution in [0.25, 0.3) is 0 Å². The Labute approximate surface area is 92.7 Å². The molecular formula is C10H13N3O3. The first-order chi connectivity index (χ1) is 7.41. The monoisotopic (exact) mass is 223 g/mol. The quantitative estimate of drug-likeness (QED) is 0.773. The second kappa shape index (κ2) is 4.69. The van der Waals surface area contributed by atoms with Crippen molar-refractivity contribution in [3.05, 3.63) is 24.3 Å². The van der Waals surface area contributed by atoms with Crippen LogP contribution in [-0.4, -0.2) is 32.5 Å². The Morgan fingerprint density at radius 1 is 1.44 bits per heavy atom. The molecule has 0 atom stereocenters. The number of aromatic nitrogens is 2. The summed E-state index contributed by atoms with van der Waals surface area (Å²) in [7, 11) is 0. The number of nitrogens with one attached hydrogen (secondary N) is 1. The smallest absolute Gasteiger partial charge is 0.305 e. The normalized spacial score (nSPS) is 10.9. The third-order valence-corrected chi connectivity index (χ3v) is 1.84. The zero-order valence-corrected chi connectivity index (χ0v) is 9.10. The Balaban J connectivity index is 2.68. The molecule has 0 fully saturated rings. The number of carboxylic acids is 1. The van der Waals surface area contributed by atoms with Crippen LogP contribution in [0.3, 0.4) is 0 Å². The van der Waals surface area contributed by atoms with Crippen molar-refractivity contribution in [2.75, 3.05) is 0 Å². The molecule has 1 amide bonds. The van der Waals surface area contributed by atoms with E-state index in [0.29, 0.717) is 0 Å². The largest absolute Gasteiger partial charge is 0.481 e. The Morgan fingerprint density at radius 2 is 2.12 bits per heavy atom. The second-order valence-electron chi connectivity index (χ2n) is 4.00. The summed E-state index contributed by atoms with van der Waals surface area (Å²) < 4.78 is 0. The predicted molar refractivity (Wildman–Crippen MR) is 55.8 cm³/mol. The maximum absolute atomic E-state index is 11.6. The highest BCUT2D eigenvalue weighted by molar-refractivity contribution is 5.92. The van der Waals surface area contributed by atoms with Crippen molar-refractivity contribution in [3.63, 3.8) is 0 Å². The van der Waals surface area contributed by atoms with E-state index in [0.717, 1.165) is 0 Å². The van der Waals surface area contributed by atoms with Crippen molar-refractivity contribution in [1.29, 1.82) is 0 Å². The first kappa shape index (κ1) is 12.1. The molecule has 0 unspecified atom stereocenters. The minimum Gasteiger partial charge on any atom is -0.481 e. The fraction of sp³-hybridized carbons (Fsp3) is 0.400. The van der Waals surface area contributed by atoms with E-state index in [-0.39, 0.29) is 12.1 Å². The summed E-state index contributed by atoms with van der Waals surface area (Å²) in [6.07, 6.45) is 4.03. The summed E-state index contributed by atoms with van der Waals surface area (Å²) in [6.45, 7) is 3.27. The predicted octanol–water partition coefficient (Wildman–Crippen LogP) is 0.460. The number of rotatable bonds is 4. The van der Waals surface area contributed by atoms with E-state index in [4.69, 9.17) is 5.11 Å². The Bertz CT molecular complexity index is 390. The molecule has 1 rings (SSSR count). The van der Waals surface area contributed by atoms with Crippen LogP contribution in [0, 0.1) is 0 Å². The SMILES string of the molecule is CC(C)(CC(=O)O)NC(=O)c1cnccn1. The average Bonchev–Trinajstić information content (AvgIpc) is 2.16. The van der Waals surface area contributed by atoms with Gasteiger partial charge in [-0.15, -0.1) is 0 Å². The van der Waals surface area contributed by atoms with Crippen LogP contribution >= 0.6 is 0 Å².